The quantitative estimate of drug-likeness (QED) is 0.801. The highest BCUT2D eigenvalue weighted by Crippen LogP contribution is 2.25. The van der Waals surface area contributed by atoms with Crippen molar-refractivity contribution in [2.45, 2.75) is 6.92 Å². The number of halogens is 1. The van der Waals surface area contributed by atoms with E-state index in [1.807, 2.05) is 24.3 Å². The van der Waals surface area contributed by atoms with E-state index in [0.717, 1.165) is 10.9 Å². The summed E-state index contributed by atoms with van der Waals surface area (Å²) in [6, 6.07) is 7.39. The molecular weight excluding hydrogens is 336 g/mol. The van der Waals surface area contributed by atoms with Gasteiger partial charge in [-0.05, 0) is 19.1 Å². The third kappa shape index (κ3) is 3.49. The number of amides is 1. The van der Waals surface area contributed by atoms with Crippen molar-refractivity contribution >= 4 is 27.7 Å². The molecule has 0 aliphatic rings. The fourth-order valence-electron chi connectivity index (χ4n) is 1.88. The number of primary amides is 1. The lowest BCUT2D eigenvalue weighted by atomic mass is 10.1. The highest BCUT2D eigenvalue weighted by atomic mass is 79.9. The molecule has 1 amide bonds. The maximum Gasteiger partial charge on any atom is 0.271 e. The molecule has 4 N–H and O–H groups in total. The standard InChI is InChI=1S/C14H15BrN4O2/c1-8-11(19-12(14(17)20)13(16)18-8)9-3-2-4-10(7-9)21-6-5-15/h2-4,7H,5-6H2,1H3,(H2,16,18)(H2,17,20). The van der Waals surface area contributed by atoms with Gasteiger partial charge in [0.2, 0.25) is 0 Å². The van der Waals surface area contributed by atoms with Gasteiger partial charge in [0.15, 0.2) is 11.5 Å². The normalized spacial score (nSPS) is 10.4. The maximum atomic E-state index is 11.3. The Morgan fingerprint density at radius 1 is 1.38 bits per heavy atom. The van der Waals surface area contributed by atoms with Gasteiger partial charge in [0.1, 0.15) is 5.75 Å². The van der Waals surface area contributed by atoms with Crippen LogP contribution in [0.5, 0.6) is 5.75 Å². The van der Waals surface area contributed by atoms with E-state index in [1.165, 1.54) is 0 Å². The maximum absolute atomic E-state index is 11.3. The van der Waals surface area contributed by atoms with E-state index >= 15 is 0 Å². The largest absolute Gasteiger partial charge is 0.493 e. The lowest BCUT2D eigenvalue weighted by molar-refractivity contribution is 0.0996. The molecule has 1 aromatic heterocycles. The highest BCUT2D eigenvalue weighted by Gasteiger charge is 2.15. The molecule has 2 aromatic rings. The van der Waals surface area contributed by atoms with Crippen molar-refractivity contribution in [3.05, 3.63) is 35.7 Å². The topological polar surface area (TPSA) is 104 Å². The summed E-state index contributed by atoms with van der Waals surface area (Å²) in [4.78, 5) is 19.7. The van der Waals surface area contributed by atoms with E-state index < -0.39 is 5.91 Å². The molecule has 0 saturated carbocycles. The second-order valence-corrected chi connectivity index (χ2v) is 5.11. The zero-order valence-electron chi connectivity index (χ0n) is 11.5. The van der Waals surface area contributed by atoms with Crippen LogP contribution in [0, 0.1) is 6.92 Å². The third-order valence-corrected chi connectivity index (χ3v) is 3.11. The minimum atomic E-state index is -0.701. The Bertz CT molecular complexity index is 676. The van der Waals surface area contributed by atoms with Gasteiger partial charge in [-0.3, -0.25) is 4.79 Å². The highest BCUT2D eigenvalue weighted by molar-refractivity contribution is 9.09. The summed E-state index contributed by atoms with van der Waals surface area (Å²) in [6.45, 7) is 2.33. The number of nitrogens with zero attached hydrogens (tertiary/aromatic N) is 2. The van der Waals surface area contributed by atoms with Crippen molar-refractivity contribution in [2.24, 2.45) is 5.73 Å². The van der Waals surface area contributed by atoms with Crippen LogP contribution in [0.1, 0.15) is 16.2 Å². The number of hydrogen-bond donors (Lipinski definition) is 2. The molecule has 0 bridgehead atoms. The van der Waals surface area contributed by atoms with Crippen LogP contribution in [0.2, 0.25) is 0 Å². The second-order valence-electron chi connectivity index (χ2n) is 4.32. The van der Waals surface area contributed by atoms with Gasteiger partial charge in [-0.15, -0.1) is 0 Å². The fourth-order valence-corrected chi connectivity index (χ4v) is 2.04. The molecule has 1 aromatic carbocycles. The summed E-state index contributed by atoms with van der Waals surface area (Å²) in [5, 5.41) is 0.740. The van der Waals surface area contributed by atoms with E-state index in [1.54, 1.807) is 6.92 Å². The predicted octanol–water partition coefficient (Wildman–Crippen LogP) is 1.91. The summed E-state index contributed by atoms with van der Waals surface area (Å²) < 4.78 is 5.55. The molecule has 7 heteroatoms. The molecule has 0 aliphatic carbocycles. The molecule has 0 atom stereocenters. The number of carbonyl (C=O) groups excluding carboxylic acids is 1. The minimum absolute atomic E-state index is 0.0256. The van der Waals surface area contributed by atoms with Gasteiger partial charge in [-0.1, -0.05) is 28.1 Å². The Morgan fingerprint density at radius 2 is 2.14 bits per heavy atom. The van der Waals surface area contributed by atoms with Crippen LogP contribution in [0.15, 0.2) is 24.3 Å². The Hall–Kier alpha value is -2.15. The predicted molar refractivity (Wildman–Crippen MR) is 84.4 cm³/mol. The number of aromatic nitrogens is 2. The zero-order chi connectivity index (χ0) is 15.4. The number of alkyl halides is 1. The lowest BCUT2D eigenvalue weighted by Gasteiger charge is -2.10. The van der Waals surface area contributed by atoms with Gasteiger partial charge in [0, 0.05) is 10.9 Å². The summed E-state index contributed by atoms with van der Waals surface area (Å²) >= 11 is 3.30. The van der Waals surface area contributed by atoms with Crippen LogP contribution >= 0.6 is 15.9 Å². The van der Waals surface area contributed by atoms with E-state index in [0.29, 0.717) is 23.7 Å². The average Bonchev–Trinajstić information content (AvgIpc) is 2.45. The number of aryl methyl sites for hydroxylation is 1. The molecule has 0 unspecified atom stereocenters. The molecule has 2 rings (SSSR count). The van der Waals surface area contributed by atoms with Crippen LogP contribution in [-0.4, -0.2) is 27.8 Å². The van der Waals surface area contributed by atoms with Crippen LogP contribution < -0.4 is 16.2 Å². The third-order valence-electron chi connectivity index (χ3n) is 2.78. The molecule has 0 radical (unpaired) electrons. The van der Waals surface area contributed by atoms with Crippen molar-refractivity contribution in [3.8, 4) is 17.0 Å². The molecule has 21 heavy (non-hydrogen) atoms. The minimum Gasteiger partial charge on any atom is -0.493 e. The molecule has 0 saturated heterocycles. The number of ether oxygens (including phenoxy) is 1. The molecular formula is C14H15BrN4O2. The van der Waals surface area contributed by atoms with Crippen molar-refractivity contribution in [1.29, 1.82) is 0 Å². The Kier molecular flexibility index (Phi) is 4.74. The first kappa shape index (κ1) is 15.2. The van der Waals surface area contributed by atoms with E-state index in [4.69, 9.17) is 16.2 Å². The molecule has 0 spiro atoms. The van der Waals surface area contributed by atoms with E-state index in [9.17, 15) is 4.79 Å². The number of hydrogen-bond acceptors (Lipinski definition) is 5. The average molecular weight is 351 g/mol. The van der Waals surface area contributed by atoms with Crippen molar-refractivity contribution in [3.63, 3.8) is 0 Å². The Labute approximate surface area is 130 Å². The number of rotatable bonds is 5. The first-order valence-corrected chi connectivity index (χ1v) is 7.38. The molecule has 6 nitrogen and oxygen atoms in total. The zero-order valence-corrected chi connectivity index (χ0v) is 13.1. The van der Waals surface area contributed by atoms with Gasteiger partial charge >= 0.3 is 0 Å². The van der Waals surface area contributed by atoms with Crippen LogP contribution in [0.25, 0.3) is 11.3 Å². The van der Waals surface area contributed by atoms with E-state index in [2.05, 4.69) is 25.9 Å². The summed E-state index contributed by atoms with van der Waals surface area (Å²) in [5.41, 5.74) is 12.9. The summed E-state index contributed by atoms with van der Waals surface area (Å²) in [5.74, 6) is 0.0500. The molecule has 1 heterocycles. The summed E-state index contributed by atoms with van der Waals surface area (Å²) in [7, 11) is 0. The number of carbonyl (C=O) groups is 1. The van der Waals surface area contributed by atoms with Gasteiger partial charge < -0.3 is 16.2 Å². The van der Waals surface area contributed by atoms with Gasteiger partial charge in [-0.25, -0.2) is 9.97 Å². The molecule has 0 fully saturated rings. The van der Waals surface area contributed by atoms with Crippen molar-refractivity contribution < 1.29 is 9.53 Å². The lowest BCUT2D eigenvalue weighted by Crippen LogP contribution is -2.17. The first-order valence-electron chi connectivity index (χ1n) is 6.26. The van der Waals surface area contributed by atoms with Crippen molar-refractivity contribution in [1.82, 2.24) is 9.97 Å². The van der Waals surface area contributed by atoms with Crippen LogP contribution in [0.4, 0.5) is 5.82 Å². The smallest absolute Gasteiger partial charge is 0.271 e. The fraction of sp³-hybridized carbons (Fsp3) is 0.214. The number of benzene rings is 1. The van der Waals surface area contributed by atoms with Crippen LogP contribution in [-0.2, 0) is 0 Å². The molecule has 0 aliphatic heterocycles. The van der Waals surface area contributed by atoms with Gasteiger partial charge in [0.05, 0.1) is 18.0 Å². The van der Waals surface area contributed by atoms with Crippen molar-refractivity contribution in [2.75, 3.05) is 17.7 Å². The van der Waals surface area contributed by atoms with E-state index in [-0.39, 0.29) is 11.5 Å². The molecule has 110 valence electrons. The van der Waals surface area contributed by atoms with Crippen LogP contribution in [0.3, 0.4) is 0 Å². The Balaban J connectivity index is 2.46. The Morgan fingerprint density at radius 3 is 2.81 bits per heavy atom. The SMILES string of the molecule is Cc1nc(N)c(C(N)=O)nc1-c1cccc(OCCBr)c1. The van der Waals surface area contributed by atoms with Gasteiger partial charge in [0.25, 0.3) is 5.91 Å². The number of nitrogen functional groups attached to an aromatic ring is 1. The first-order chi connectivity index (χ1) is 10.0. The second kappa shape index (κ2) is 6.53. The summed E-state index contributed by atoms with van der Waals surface area (Å²) in [6.07, 6.45) is 0. The number of anilines is 1. The monoisotopic (exact) mass is 350 g/mol. The van der Waals surface area contributed by atoms with Gasteiger partial charge in [-0.2, -0.15) is 0 Å². The number of nitrogens with two attached hydrogens (primary N) is 2.